The van der Waals surface area contributed by atoms with Crippen LogP contribution in [-0.4, -0.2) is 11.1 Å². The predicted octanol–water partition coefficient (Wildman–Crippen LogP) is 4.69. The number of halogens is 1. The van der Waals surface area contributed by atoms with Crippen molar-refractivity contribution in [3.8, 4) is 11.1 Å². The molecule has 2 aromatic rings. The normalized spacial score (nSPS) is 13.8. The van der Waals surface area contributed by atoms with Gasteiger partial charge in [-0.15, -0.1) is 0 Å². The lowest BCUT2D eigenvalue weighted by Gasteiger charge is -2.17. The van der Waals surface area contributed by atoms with Gasteiger partial charge < -0.3 is 5.11 Å². The summed E-state index contributed by atoms with van der Waals surface area (Å²) in [5.74, 6) is -0.890. The Morgan fingerprint density at radius 3 is 2.50 bits per heavy atom. The average molecular weight is 331 g/mol. The van der Waals surface area contributed by atoms with E-state index in [9.17, 15) is 9.90 Å². The highest BCUT2D eigenvalue weighted by molar-refractivity contribution is 9.10. The summed E-state index contributed by atoms with van der Waals surface area (Å²) < 4.78 is 0.789. The van der Waals surface area contributed by atoms with Crippen LogP contribution in [0.2, 0.25) is 0 Å². The minimum atomic E-state index is -0.890. The molecule has 0 heterocycles. The second kappa shape index (κ2) is 5.41. The van der Waals surface area contributed by atoms with Crippen molar-refractivity contribution < 1.29 is 9.90 Å². The van der Waals surface area contributed by atoms with E-state index in [1.165, 1.54) is 24.0 Å². The quantitative estimate of drug-likeness (QED) is 0.866. The van der Waals surface area contributed by atoms with Gasteiger partial charge in [-0.25, -0.2) is 4.79 Å². The van der Waals surface area contributed by atoms with Gasteiger partial charge in [-0.2, -0.15) is 0 Å². The van der Waals surface area contributed by atoms with Crippen LogP contribution in [0.5, 0.6) is 0 Å². The van der Waals surface area contributed by atoms with Crippen LogP contribution >= 0.6 is 15.9 Å². The van der Waals surface area contributed by atoms with Crippen LogP contribution in [0.25, 0.3) is 11.1 Å². The Hall–Kier alpha value is -1.61. The molecule has 0 radical (unpaired) electrons. The Labute approximate surface area is 126 Å². The van der Waals surface area contributed by atoms with Gasteiger partial charge in [-0.3, -0.25) is 0 Å². The van der Waals surface area contributed by atoms with E-state index in [2.05, 4.69) is 28.1 Å². The third kappa shape index (κ3) is 2.50. The number of carboxylic acids is 1. The first kappa shape index (κ1) is 13.4. The number of aromatic carboxylic acids is 1. The highest BCUT2D eigenvalue weighted by Gasteiger charge is 2.15. The molecule has 0 spiro atoms. The first-order valence-corrected chi connectivity index (χ1v) is 7.59. The summed E-state index contributed by atoms with van der Waals surface area (Å²) in [6, 6.07) is 11.8. The van der Waals surface area contributed by atoms with E-state index >= 15 is 0 Å². The van der Waals surface area contributed by atoms with E-state index in [0.717, 1.165) is 28.4 Å². The van der Waals surface area contributed by atoms with Crippen molar-refractivity contribution in [3.05, 3.63) is 57.6 Å². The minimum absolute atomic E-state index is 0.343. The van der Waals surface area contributed by atoms with E-state index in [1.54, 1.807) is 6.07 Å². The van der Waals surface area contributed by atoms with Gasteiger partial charge in [0.1, 0.15) is 0 Å². The van der Waals surface area contributed by atoms with Crippen molar-refractivity contribution in [2.24, 2.45) is 0 Å². The number of benzene rings is 2. The molecule has 0 amide bonds. The third-order valence-electron chi connectivity index (χ3n) is 3.87. The summed E-state index contributed by atoms with van der Waals surface area (Å²) in [4.78, 5) is 11.4. The summed E-state index contributed by atoms with van der Waals surface area (Å²) in [5.41, 5.74) is 4.90. The highest BCUT2D eigenvalue weighted by atomic mass is 79.9. The monoisotopic (exact) mass is 330 g/mol. The van der Waals surface area contributed by atoms with Crippen LogP contribution in [0.4, 0.5) is 0 Å². The molecule has 0 aliphatic heterocycles. The zero-order valence-corrected chi connectivity index (χ0v) is 12.6. The highest BCUT2D eigenvalue weighted by Crippen LogP contribution is 2.31. The molecule has 20 heavy (non-hydrogen) atoms. The van der Waals surface area contributed by atoms with E-state index in [-0.39, 0.29) is 0 Å². The van der Waals surface area contributed by atoms with Crippen molar-refractivity contribution in [2.45, 2.75) is 25.7 Å². The summed E-state index contributed by atoms with van der Waals surface area (Å²) in [6.07, 6.45) is 4.72. The molecule has 102 valence electrons. The van der Waals surface area contributed by atoms with Crippen LogP contribution in [0, 0.1) is 0 Å². The molecule has 2 aromatic carbocycles. The van der Waals surface area contributed by atoms with Gasteiger partial charge in [0.15, 0.2) is 0 Å². The Morgan fingerprint density at radius 2 is 1.75 bits per heavy atom. The zero-order valence-electron chi connectivity index (χ0n) is 11.0. The fraction of sp³-hybridized carbons (Fsp3) is 0.235. The molecule has 1 aliphatic carbocycles. The molecular weight excluding hydrogens is 316 g/mol. The molecule has 0 bridgehead atoms. The molecule has 0 unspecified atom stereocenters. The van der Waals surface area contributed by atoms with E-state index in [4.69, 9.17) is 0 Å². The van der Waals surface area contributed by atoms with Gasteiger partial charge in [0.05, 0.1) is 5.56 Å². The first-order chi connectivity index (χ1) is 9.65. The van der Waals surface area contributed by atoms with Crippen LogP contribution in [0.3, 0.4) is 0 Å². The molecule has 0 aromatic heterocycles. The fourth-order valence-electron chi connectivity index (χ4n) is 2.85. The molecular formula is C17H15BrO2. The van der Waals surface area contributed by atoms with Gasteiger partial charge >= 0.3 is 5.97 Å². The maximum absolute atomic E-state index is 11.4. The number of carboxylic acid groups (broad SMARTS) is 1. The summed E-state index contributed by atoms with van der Waals surface area (Å²) in [6.45, 7) is 0. The van der Waals surface area contributed by atoms with Crippen LogP contribution in [0.15, 0.2) is 40.9 Å². The molecule has 3 rings (SSSR count). The Morgan fingerprint density at radius 1 is 1.00 bits per heavy atom. The van der Waals surface area contributed by atoms with Crippen molar-refractivity contribution in [1.29, 1.82) is 0 Å². The Kier molecular flexibility index (Phi) is 3.62. The molecule has 0 saturated heterocycles. The van der Waals surface area contributed by atoms with Gasteiger partial charge in [0.2, 0.25) is 0 Å². The van der Waals surface area contributed by atoms with Crippen LogP contribution in [0.1, 0.15) is 34.3 Å². The maximum Gasteiger partial charge on any atom is 0.336 e. The lowest BCUT2D eigenvalue weighted by atomic mass is 9.88. The standard InChI is InChI=1S/C17H15BrO2/c18-14-7-8-15(16(10-14)17(19)20)13-6-5-11-3-1-2-4-12(11)9-13/h5-10H,1-4H2,(H,19,20). The van der Waals surface area contributed by atoms with Gasteiger partial charge in [0, 0.05) is 4.47 Å². The fourth-order valence-corrected chi connectivity index (χ4v) is 3.21. The van der Waals surface area contributed by atoms with Crippen molar-refractivity contribution >= 4 is 21.9 Å². The second-order valence-electron chi connectivity index (χ2n) is 5.19. The van der Waals surface area contributed by atoms with E-state index in [1.807, 2.05) is 18.2 Å². The predicted molar refractivity (Wildman–Crippen MR) is 83.2 cm³/mol. The van der Waals surface area contributed by atoms with Gasteiger partial charge in [0.25, 0.3) is 0 Å². The van der Waals surface area contributed by atoms with Crippen molar-refractivity contribution in [2.75, 3.05) is 0 Å². The second-order valence-corrected chi connectivity index (χ2v) is 6.10. The number of aryl methyl sites for hydroxylation is 2. The largest absolute Gasteiger partial charge is 0.478 e. The topological polar surface area (TPSA) is 37.3 Å². The molecule has 0 saturated carbocycles. The van der Waals surface area contributed by atoms with Gasteiger partial charge in [-0.1, -0.05) is 40.2 Å². The van der Waals surface area contributed by atoms with E-state index in [0.29, 0.717) is 5.56 Å². The molecule has 0 atom stereocenters. The van der Waals surface area contributed by atoms with Crippen molar-refractivity contribution in [1.82, 2.24) is 0 Å². The first-order valence-electron chi connectivity index (χ1n) is 6.80. The lowest BCUT2D eigenvalue weighted by Crippen LogP contribution is -2.04. The smallest absolute Gasteiger partial charge is 0.336 e. The Bertz CT molecular complexity index is 677. The molecule has 1 aliphatic rings. The van der Waals surface area contributed by atoms with E-state index < -0.39 is 5.97 Å². The number of hydrogen-bond acceptors (Lipinski definition) is 1. The molecule has 0 fully saturated rings. The third-order valence-corrected chi connectivity index (χ3v) is 4.36. The number of fused-ring (bicyclic) bond motifs is 1. The minimum Gasteiger partial charge on any atom is -0.478 e. The molecule has 1 N–H and O–H groups in total. The number of rotatable bonds is 2. The summed E-state index contributed by atoms with van der Waals surface area (Å²) >= 11 is 3.33. The SMILES string of the molecule is O=C(O)c1cc(Br)ccc1-c1ccc2c(c1)CCCC2. The maximum atomic E-state index is 11.4. The number of hydrogen-bond donors (Lipinski definition) is 1. The lowest BCUT2D eigenvalue weighted by molar-refractivity contribution is 0.0697. The zero-order chi connectivity index (χ0) is 14.1. The Balaban J connectivity index is 2.11. The van der Waals surface area contributed by atoms with Crippen LogP contribution in [-0.2, 0) is 12.8 Å². The molecule has 2 nitrogen and oxygen atoms in total. The average Bonchev–Trinajstić information content (AvgIpc) is 2.46. The van der Waals surface area contributed by atoms with Crippen molar-refractivity contribution in [3.63, 3.8) is 0 Å². The van der Waals surface area contributed by atoms with Crippen LogP contribution < -0.4 is 0 Å². The summed E-state index contributed by atoms with van der Waals surface area (Å²) in [5, 5.41) is 9.37. The number of carbonyl (C=O) groups is 1. The molecule has 3 heteroatoms. The summed E-state index contributed by atoms with van der Waals surface area (Å²) in [7, 11) is 0. The van der Waals surface area contributed by atoms with Gasteiger partial charge in [-0.05, 0) is 60.1 Å².